The molecule has 1 fully saturated rings. The van der Waals surface area contributed by atoms with Crippen LogP contribution in [0.1, 0.15) is 54.6 Å². The number of halogens is 1. The Kier molecular flexibility index (Phi) is 6.60. The van der Waals surface area contributed by atoms with Crippen molar-refractivity contribution in [3.8, 4) is 6.07 Å². The van der Waals surface area contributed by atoms with Crippen molar-refractivity contribution in [2.24, 2.45) is 10.7 Å². The minimum Gasteiger partial charge on any atom is -0.378 e. The Balaban J connectivity index is 1.61. The van der Waals surface area contributed by atoms with E-state index in [9.17, 15) is 9.59 Å². The molecule has 0 unspecified atom stereocenters. The van der Waals surface area contributed by atoms with Crippen molar-refractivity contribution >= 4 is 35.1 Å². The van der Waals surface area contributed by atoms with Crippen LogP contribution in [0.25, 0.3) is 0 Å². The number of carbonyl (C=O) groups is 2. The predicted molar refractivity (Wildman–Crippen MR) is 129 cm³/mol. The second-order valence-corrected chi connectivity index (χ2v) is 9.24. The summed E-state index contributed by atoms with van der Waals surface area (Å²) in [5.41, 5.74) is 7.02. The van der Waals surface area contributed by atoms with Gasteiger partial charge in [-0.2, -0.15) is 5.26 Å². The van der Waals surface area contributed by atoms with Gasteiger partial charge in [-0.1, -0.05) is 29.8 Å². The van der Waals surface area contributed by atoms with Crippen molar-refractivity contribution < 1.29 is 14.3 Å². The van der Waals surface area contributed by atoms with Gasteiger partial charge in [-0.25, -0.2) is 4.99 Å². The van der Waals surface area contributed by atoms with Gasteiger partial charge in [0.2, 0.25) is 5.91 Å². The minimum absolute atomic E-state index is 0.0465. The Morgan fingerprint density at radius 1 is 1.35 bits per heavy atom. The molecule has 176 valence electrons. The van der Waals surface area contributed by atoms with Gasteiger partial charge in [-0.15, -0.1) is 0 Å². The molecule has 2 aromatic rings. The summed E-state index contributed by atoms with van der Waals surface area (Å²) in [5, 5.41) is 12.2. The Morgan fingerprint density at radius 2 is 2.12 bits per heavy atom. The van der Waals surface area contributed by atoms with Crippen LogP contribution in [-0.2, 0) is 15.1 Å². The summed E-state index contributed by atoms with van der Waals surface area (Å²) in [6, 6.07) is 13.6. The Hall–Kier alpha value is -3.41. The molecule has 1 saturated heterocycles. The van der Waals surface area contributed by atoms with Crippen molar-refractivity contribution in [1.29, 1.82) is 5.26 Å². The van der Waals surface area contributed by atoms with E-state index in [0.717, 1.165) is 0 Å². The van der Waals surface area contributed by atoms with Crippen LogP contribution in [-0.4, -0.2) is 41.4 Å². The van der Waals surface area contributed by atoms with Gasteiger partial charge in [-0.3, -0.25) is 14.5 Å². The molecule has 3 N–H and O–H groups in total. The van der Waals surface area contributed by atoms with E-state index >= 15 is 0 Å². The van der Waals surface area contributed by atoms with Gasteiger partial charge in [0, 0.05) is 23.8 Å². The maximum atomic E-state index is 13.2. The number of ether oxygens (including phenoxy) is 1. The Morgan fingerprint density at radius 3 is 2.82 bits per heavy atom. The number of nitrogens with two attached hydrogens (primary N) is 1. The molecule has 0 aromatic heterocycles. The van der Waals surface area contributed by atoms with Crippen molar-refractivity contribution in [2.75, 3.05) is 11.9 Å². The van der Waals surface area contributed by atoms with Crippen LogP contribution in [0.3, 0.4) is 0 Å². The summed E-state index contributed by atoms with van der Waals surface area (Å²) in [6.45, 7) is 4.37. The van der Waals surface area contributed by atoms with Crippen molar-refractivity contribution in [3.05, 3.63) is 64.2 Å². The molecule has 2 aliphatic heterocycles. The lowest BCUT2D eigenvalue weighted by Gasteiger charge is -2.41. The fourth-order valence-electron chi connectivity index (χ4n) is 4.58. The van der Waals surface area contributed by atoms with Gasteiger partial charge in [0.1, 0.15) is 0 Å². The molecule has 2 amide bonds. The van der Waals surface area contributed by atoms with E-state index < -0.39 is 11.4 Å². The molecule has 2 aromatic carbocycles. The minimum atomic E-state index is -0.979. The zero-order valence-electron chi connectivity index (χ0n) is 19.0. The summed E-state index contributed by atoms with van der Waals surface area (Å²) in [7, 11) is 0. The lowest BCUT2D eigenvalue weighted by molar-refractivity contribution is -0.133. The van der Waals surface area contributed by atoms with Crippen molar-refractivity contribution in [2.45, 2.75) is 50.8 Å². The zero-order chi connectivity index (χ0) is 24.5. The fraction of sp³-hybridized carbons (Fsp3) is 0.360. The maximum Gasteiger partial charge on any atom is 0.255 e. The highest BCUT2D eigenvalue weighted by Gasteiger charge is 2.42. The van der Waals surface area contributed by atoms with Crippen LogP contribution >= 0.6 is 11.6 Å². The number of aliphatic imine (C=N–C) groups is 1. The molecule has 9 heteroatoms. The first-order valence-corrected chi connectivity index (χ1v) is 11.5. The van der Waals surface area contributed by atoms with Gasteiger partial charge in [0.15, 0.2) is 5.96 Å². The first-order chi connectivity index (χ1) is 16.2. The van der Waals surface area contributed by atoms with Crippen molar-refractivity contribution in [3.63, 3.8) is 0 Å². The van der Waals surface area contributed by atoms with Gasteiger partial charge in [0.05, 0.1) is 40.4 Å². The van der Waals surface area contributed by atoms with Crippen molar-refractivity contribution in [1.82, 2.24) is 4.90 Å². The zero-order valence-corrected chi connectivity index (χ0v) is 19.8. The average molecular weight is 480 g/mol. The number of anilines is 1. The topological polar surface area (TPSA) is 121 Å². The van der Waals surface area contributed by atoms with Gasteiger partial charge in [-0.05, 0) is 51.0 Å². The number of hydrogen-bond acceptors (Lipinski definition) is 6. The van der Waals surface area contributed by atoms with Crippen LogP contribution in [0.4, 0.5) is 5.69 Å². The van der Waals surface area contributed by atoms with E-state index in [-0.39, 0.29) is 35.5 Å². The highest BCUT2D eigenvalue weighted by atomic mass is 35.5. The number of nitrogens with zero attached hydrogens (tertiary/aromatic N) is 3. The summed E-state index contributed by atoms with van der Waals surface area (Å²) in [4.78, 5) is 32.2. The molecule has 0 aliphatic carbocycles. The molecule has 0 saturated carbocycles. The normalized spacial score (nSPS) is 24.8. The first kappa shape index (κ1) is 23.7. The molecule has 4 rings (SSSR count). The first-order valence-electron chi connectivity index (χ1n) is 11.1. The molecule has 0 radical (unpaired) electrons. The van der Waals surface area contributed by atoms with Crippen LogP contribution in [0.2, 0.25) is 5.02 Å². The van der Waals surface area contributed by atoms with Crippen LogP contribution in [0, 0.1) is 11.3 Å². The number of guanidine groups is 1. The van der Waals surface area contributed by atoms with Gasteiger partial charge >= 0.3 is 0 Å². The van der Waals surface area contributed by atoms with E-state index in [4.69, 9.17) is 32.3 Å². The number of nitrogens with one attached hydrogen (secondary N) is 1. The molecule has 0 spiro atoms. The predicted octanol–water partition coefficient (Wildman–Crippen LogP) is 3.79. The lowest BCUT2D eigenvalue weighted by Crippen LogP contribution is -2.56. The standard InChI is InChI=1S/C25H26ClN5O3/c1-15-11-18(9-10-34-15)31-21(32)13-25(2,30-24(31)28)19-7-4-8-20(22(19)26)29-23(33)17-6-3-5-16(12-17)14-27/h3-8,12,15,18H,9-11,13H2,1-2H3,(H2,28,30)(H,29,33)/t15-,18-,25+/m1/s1. The molecule has 2 aliphatic rings. The second kappa shape index (κ2) is 9.45. The Labute approximate surface area is 203 Å². The number of hydrogen-bond donors (Lipinski definition) is 2. The number of carbonyl (C=O) groups excluding carboxylic acids is 2. The Bertz CT molecular complexity index is 1210. The van der Waals surface area contributed by atoms with Crippen LogP contribution < -0.4 is 11.1 Å². The molecule has 34 heavy (non-hydrogen) atoms. The summed E-state index contributed by atoms with van der Waals surface area (Å²) in [6.07, 6.45) is 1.56. The summed E-state index contributed by atoms with van der Waals surface area (Å²) in [5.74, 6) is -0.353. The molecular weight excluding hydrogens is 454 g/mol. The molecule has 8 nitrogen and oxygen atoms in total. The third-order valence-electron chi connectivity index (χ3n) is 6.28. The maximum absolute atomic E-state index is 13.2. The highest BCUT2D eigenvalue weighted by molar-refractivity contribution is 6.35. The van der Waals surface area contributed by atoms with Crippen LogP contribution in [0.15, 0.2) is 47.5 Å². The third-order valence-corrected chi connectivity index (χ3v) is 6.68. The van der Waals surface area contributed by atoms with E-state index in [0.29, 0.717) is 41.8 Å². The average Bonchev–Trinajstić information content (AvgIpc) is 2.80. The number of nitriles is 1. The quantitative estimate of drug-likeness (QED) is 0.691. The third kappa shape index (κ3) is 4.63. The molecule has 0 bridgehead atoms. The summed E-state index contributed by atoms with van der Waals surface area (Å²) < 4.78 is 5.60. The molecule has 3 atom stereocenters. The number of rotatable bonds is 4. The lowest BCUT2D eigenvalue weighted by atomic mass is 9.86. The van der Waals surface area contributed by atoms with E-state index in [1.807, 2.05) is 19.9 Å². The number of amides is 2. The monoisotopic (exact) mass is 479 g/mol. The highest BCUT2D eigenvalue weighted by Crippen LogP contribution is 2.41. The molecule has 2 heterocycles. The number of benzene rings is 2. The summed E-state index contributed by atoms with van der Waals surface area (Å²) >= 11 is 6.70. The second-order valence-electron chi connectivity index (χ2n) is 8.86. The fourth-order valence-corrected chi connectivity index (χ4v) is 4.95. The largest absolute Gasteiger partial charge is 0.378 e. The smallest absolute Gasteiger partial charge is 0.255 e. The van der Waals surface area contributed by atoms with Crippen LogP contribution in [0.5, 0.6) is 0 Å². The van der Waals surface area contributed by atoms with E-state index in [1.165, 1.54) is 6.07 Å². The van der Waals surface area contributed by atoms with E-state index in [2.05, 4.69) is 5.32 Å². The molecular formula is C25H26ClN5O3. The van der Waals surface area contributed by atoms with E-state index in [1.54, 1.807) is 41.3 Å². The van der Waals surface area contributed by atoms with Gasteiger partial charge in [0.25, 0.3) is 5.91 Å². The van der Waals surface area contributed by atoms with Gasteiger partial charge < -0.3 is 15.8 Å². The SMILES string of the molecule is C[C@@H]1C[C@H](N2C(=O)C[C@@](C)(c3cccc(NC(=O)c4cccc(C#N)c4)c3Cl)N=C2N)CCO1.